The first-order chi connectivity index (χ1) is 26.7. The van der Waals surface area contributed by atoms with Gasteiger partial charge in [-0.15, -0.1) is 11.8 Å². The normalized spacial score (nSPS) is 13.3. The quantitative estimate of drug-likeness (QED) is 0.0498. The van der Waals surface area contributed by atoms with Crippen molar-refractivity contribution in [1.29, 1.82) is 0 Å². The topological polar surface area (TPSA) is 162 Å². The minimum absolute atomic E-state index is 0.0837. The Hall–Kier alpha value is -5.86. The number of aromatic hydroxyl groups is 1. The van der Waals surface area contributed by atoms with Crippen molar-refractivity contribution in [1.82, 2.24) is 9.62 Å². The molecule has 0 aliphatic carbocycles. The summed E-state index contributed by atoms with van der Waals surface area (Å²) in [5.74, 6) is -0.182. The van der Waals surface area contributed by atoms with Crippen LogP contribution >= 0.6 is 11.8 Å². The van der Waals surface area contributed by atoms with Gasteiger partial charge in [-0.05, 0) is 94.9 Å². The number of hydrogen-bond donors (Lipinski definition) is 3. The first-order valence-corrected chi connectivity index (χ1v) is 20.5. The van der Waals surface area contributed by atoms with Crippen LogP contribution < -0.4 is 14.9 Å². The number of carbonyl (C=O) groups excluding carboxylic acids is 2. The van der Waals surface area contributed by atoms with Gasteiger partial charge in [0.25, 0.3) is 27.5 Å². The number of phenolic OH excluding ortho intramolecular Hbond substituents is 1. The summed E-state index contributed by atoms with van der Waals surface area (Å²) in [7, 11) is -4.44. The Kier molecular flexibility index (Phi) is 12.0. The monoisotopic (exact) mass is 793 g/mol. The smallest absolute Gasteiger partial charge is 0.293 e. The van der Waals surface area contributed by atoms with E-state index in [0.717, 1.165) is 33.3 Å². The van der Waals surface area contributed by atoms with Crippen molar-refractivity contribution < 1.29 is 28.0 Å². The van der Waals surface area contributed by atoms with Gasteiger partial charge < -0.3 is 20.2 Å². The molecule has 0 saturated carbocycles. The van der Waals surface area contributed by atoms with Crippen molar-refractivity contribution in [2.24, 2.45) is 0 Å². The van der Waals surface area contributed by atoms with E-state index in [-0.39, 0.29) is 28.3 Å². The number of benzene rings is 5. The fourth-order valence-electron chi connectivity index (χ4n) is 6.30. The van der Waals surface area contributed by atoms with Crippen molar-refractivity contribution >= 4 is 50.7 Å². The number of rotatable bonds is 12. The maximum Gasteiger partial charge on any atom is 0.293 e. The number of nitrogens with zero attached hydrogens (tertiary/aromatic N) is 3. The number of amides is 2. The third kappa shape index (κ3) is 9.68. The lowest BCUT2D eigenvalue weighted by molar-refractivity contribution is -0.384. The van der Waals surface area contributed by atoms with Gasteiger partial charge in [0.1, 0.15) is 11.4 Å². The van der Waals surface area contributed by atoms with E-state index in [1.807, 2.05) is 58.2 Å². The lowest BCUT2D eigenvalue weighted by Crippen LogP contribution is -2.48. The molecule has 3 N–H and O–H groups in total. The highest BCUT2D eigenvalue weighted by Gasteiger charge is 2.27. The van der Waals surface area contributed by atoms with Crippen LogP contribution in [0.5, 0.6) is 5.75 Å². The van der Waals surface area contributed by atoms with Crippen LogP contribution in [0.3, 0.4) is 0 Å². The van der Waals surface area contributed by atoms with E-state index in [1.54, 1.807) is 42.1 Å². The number of piperazine rings is 1. The van der Waals surface area contributed by atoms with Crippen molar-refractivity contribution in [3.8, 4) is 16.9 Å². The highest BCUT2D eigenvalue weighted by molar-refractivity contribution is 7.99. The van der Waals surface area contributed by atoms with Crippen molar-refractivity contribution in [3.63, 3.8) is 0 Å². The van der Waals surface area contributed by atoms with Crippen molar-refractivity contribution in [3.05, 3.63) is 142 Å². The number of nitrogens with one attached hydrogen (secondary N) is 2. The second kappa shape index (κ2) is 16.9. The number of phenols is 1. The van der Waals surface area contributed by atoms with Gasteiger partial charge in [0.05, 0.1) is 9.82 Å². The van der Waals surface area contributed by atoms with Crippen LogP contribution in [0.25, 0.3) is 11.1 Å². The van der Waals surface area contributed by atoms with E-state index in [9.17, 15) is 33.2 Å². The molecular formula is C42H43N5O7S2. The Morgan fingerprint density at radius 3 is 2.20 bits per heavy atom. The molecule has 1 aliphatic rings. The van der Waals surface area contributed by atoms with Crippen LogP contribution in [0.4, 0.5) is 17.1 Å². The minimum atomic E-state index is -4.44. The molecule has 0 radical (unpaired) electrons. The lowest BCUT2D eigenvalue weighted by Gasteiger charge is -2.36. The summed E-state index contributed by atoms with van der Waals surface area (Å²) >= 11 is 1.58. The molecule has 1 fully saturated rings. The average Bonchev–Trinajstić information content (AvgIpc) is 3.19. The first kappa shape index (κ1) is 39.8. The molecule has 6 rings (SSSR count). The van der Waals surface area contributed by atoms with E-state index in [1.165, 1.54) is 24.3 Å². The van der Waals surface area contributed by atoms with Gasteiger partial charge in [0.15, 0.2) is 0 Å². The molecule has 290 valence electrons. The van der Waals surface area contributed by atoms with Crippen molar-refractivity contribution in [2.45, 2.75) is 36.0 Å². The third-order valence-electron chi connectivity index (χ3n) is 9.42. The molecule has 5 aromatic carbocycles. The number of anilines is 2. The second-order valence-corrected chi connectivity index (χ2v) is 17.2. The van der Waals surface area contributed by atoms with Crippen LogP contribution in [-0.2, 0) is 15.4 Å². The number of thioether (sulfide) groups is 1. The van der Waals surface area contributed by atoms with Gasteiger partial charge in [-0.25, -0.2) is 13.1 Å². The maximum atomic E-state index is 13.8. The number of hydrogen-bond acceptors (Lipinski definition) is 10. The number of carbonyl (C=O) groups is 2. The molecular weight excluding hydrogens is 751 g/mol. The fraction of sp³-hybridized carbons (Fsp3) is 0.238. The molecule has 5 aromatic rings. The molecule has 1 aliphatic heterocycles. The standard InChI is InChI=1S/C42H43N5O7S2/c1-42(2,3)33-25-31(30-8-7-9-35(48)27-30)24-32(26-33)41(50)46-21-19-45(20-22-46)34-14-12-29(13-15-34)40(49)44-56(53,54)37-16-17-38(39(28-37)47(51)52)43-18-23-55-36-10-5-4-6-11-36/h4-17,24-28,43,48H,18-23H2,1-3H3,(H,44,49). The Balaban J connectivity index is 1.06. The Morgan fingerprint density at radius 1 is 0.821 bits per heavy atom. The third-order valence-corrected chi connectivity index (χ3v) is 11.8. The molecule has 1 heterocycles. The largest absolute Gasteiger partial charge is 0.508 e. The number of nitro groups is 1. The number of nitro benzene ring substituents is 1. The van der Waals surface area contributed by atoms with E-state index in [2.05, 4.69) is 37.1 Å². The molecule has 0 aromatic heterocycles. The first-order valence-electron chi connectivity index (χ1n) is 18.0. The predicted octanol–water partition coefficient (Wildman–Crippen LogP) is 7.55. The van der Waals surface area contributed by atoms with Crippen LogP contribution in [0.1, 0.15) is 47.1 Å². The Bertz CT molecular complexity index is 2340. The second-order valence-electron chi connectivity index (χ2n) is 14.4. The summed E-state index contributed by atoms with van der Waals surface area (Å²) in [5, 5.41) is 24.9. The van der Waals surface area contributed by atoms with Crippen molar-refractivity contribution in [2.75, 3.05) is 48.7 Å². The Morgan fingerprint density at radius 2 is 1.54 bits per heavy atom. The number of sulfonamides is 1. The summed E-state index contributed by atoms with van der Waals surface area (Å²) in [6.07, 6.45) is 0. The molecule has 0 bridgehead atoms. The van der Waals surface area contributed by atoms with Crippen LogP contribution in [0.2, 0.25) is 0 Å². The fourth-order valence-corrected chi connectivity index (χ4v) is 8.08. The molecule has 0 atom stereocenters. The maximum absolute atomic E-state index is 13.8. The predicted molar refractivity (Wildman–Crippen MR) is 220 cm³/mol. The Labute approximate surface area is 330 Å². The molecule has 0 spiro atoms. The van der Waals surface area contributed by atoms with Gasteiger partial charge in [-0.3, -0.25) is 19.7 Å². The minimum Gasteiger partial charge on any atom is -0.508 e. The van der Waals surface area contributed by atoms with Crippen LogP contribution in [0, 0.1) is 10.1 Å². The van der Waals surface area contributed by atoms with E-state index >= 15 is 0 Å². The highest BCUT2D eigenvalue weighted by Crippen LogP contribution is 2.32. The van der Waals surface area contributed by atoms with Gasteiger partial charge in [-0.2, -0.15) is 0 Å². The van der Waals surface area contributed by atoms with E-state index in [0.29, 0.717) is 44.0 Å². The summed E-state index contributed by atoms with van der Waals surface area (Å²) < 4.78 is 28.4. The molecule has 56 heavy (non-hydrogen) atoms. The SMILES string of the molecule is CC(C)(C)c1cc(C(=O)N2CCN(c3ccc(C(=O)NS(=O)(=O)c4ccc(NCCSc5ccccc5)c([N+](=O)[O-])c4)cc3)CC2)cc(-c2cccc(O)c2)c1. The summed E-state index contributed by atoms with van der Waals surface area (Å²) in [5.41, 5.74) is 3.69. The van der Waals surface area contributed by atoms with Gasteiger partial charge >= 0.3 is 0 Å². The zero-order chi connectivity index (χ0) is 40.0. The summed E-state index contributed by atoms with van der Waals surface area (Å²) in [4.78, 5) is 42.6. The van der Waals surface area contributed by atoms with Crippen LogP contribution in [-0.4, -0.2) is 73.6 Å². The molecule has 14 heteroatoms. The zero-order valence-electron chi connectivity index (χ0n) is 31.3. The average molecular weight is 794 g/mol. The van der Waals surface area contributed by atoms with E-state index < -0.39 is 31.4 Å². The highest BCUT2D eigenvalue weighted by atomic mass is 32.2. The summed E-state index contributed by atoms with van der Waals surface area (Å²) in [6, 6.07) is 32.5. The van der Waals surface area contributed by atoms with Gasteiger partial charge in [0.2, 0.25) is 0 Å². The molecule has 12 nitrogen and oxygen atoms in total. The lowest BCUT2D eigenvalue weighted by atomic mass is 9.84. The van der Waals surface area contributed by atoms with Crippen LogP contribution in [0.15, 0.2) is 125 Å². The van der Waals surface area contributed by atoms with Gasteiger partial charge in [0, 0.05) is 66.3 Å². The van der Waals surface area contributed by atoms with Gasteiger partial charge in [-0.1, -0.05) is 57.2 Å². The molecule has 0 unspecified atom stereocenters. The molecule has 1 saturated heterocycles. The zero-order valence-corrected chi connectivity index (χ0v) is 32.9. The summed E-state index contributed by atoms with van der Waals surface area (Å²) in [6.45, 7) is 8.70. The molecule has 2 amide bonds. The van der Waals surface area contributed by atoms with E-state index in [4.69, 9.17) is 0 Å².